The van der Waals surface area contributed by atoms with Gasteiger partial charge >= 0.3 is 11.9 Å². The van der Waals surface area contributed by atoms with Gasteiger partial charge in [-0.15, -0.1) is 6.58 Å². The highest BCUT2D eigenvalue weighted by atomic mass is 16.5. The summed E-state index contributed by atoms with van der Waals surface area (Å²) < 4.78 is 11.6. The van der Waals surface area contributed by atoms with Crippen LogP contribution in [0.25, 0.3) is 21.7 Å². The molecule has 3 saturated heterocycles. The molecule has 0 N–H and O–H groups in total. The topological polar surface area (TPSA) is 68.7 Å². The fourth-order valence-corrected chi connectivity index (χ4v) is 6.16. The summed E-state index contributed by atoms with van der Waals surface area (Å²) in [7, 11) is 0. The molecule has 1 aromatic heterocycles. The maximum atomic E-state index is 13.7. The van der Waals surface area contributed by atoms with E-state index >= 15 is 0 Å². The Morgan fingerprint density at radius 2 is 1.85 bits per heavy atom. The van der Waals surface area contributed by atoms with Gasteiger partial charge in [0.05, 0.1) is 17.1 Å². The Morgan fingerprint density at radius 3 is 2.64 bits per heavy atom. The number of esters is 2. The SMILES string of the molecule is C=CC(=O)Oc1ccc2cc(C(=O)O[C@H](c3ccnc4ccccc34)[C@@H]3CC4CCN3C[C@@H]4C=C)ccc2c1. The largest absolute Gasteiger partial charge is 0.452 e. The van der Waals surface area contributed by atoms with E-state index in [1.165, 1.54) is 0 Å². The van der Waals surface area contributed by atoms with Crippen molar-refractivity contribution in [3.63, 3.8) is 0 Å². The van der Waals surface area contributed by atoms with Crippen molar-refractivity contribution in [1.29, 1.82) is 0 Å². The Kier molecular flexibility index (Phi) is 6.71. The van der Waals surface area contributed by atoms with E-state index in [1.54, 1.807) is 24.4 Å². The molecule has 5 atom stereocenters. The van der Waals surface area contributed by atoms with Crippen LogP contribution < -0.4 is 4.74 Å². The molecule has 4 aromatic rings. The van der Waals surface area contributed by atoms with Crippen LogP contribution in [0.1, 0.15) is 34.9 Å². The van der Waals surface area contributed by atoms with Crippen molar-refractivity contribution < 1.29 is 19.1 Å². The van der Waals surface area contributed by atoms with E-state index in [1.807, 2.05) is 48.5 Å². The van der Waals surface area contributed by atoms with Crippen LogP contribution in [0.15, 0.2) is 98.2 Å². The quantitative estimate of drug-likeness (QED) is 0.124. The van der Waals surface area contributed by atoms with Crippen LogP contribution in [0.2, 0.25) is 0 Å². The van der Waals surface area contributed by atoms with E-state index in [9.17, 15) is 9.59 Å². The van der Waals surface area contributed by atoms with Crippen LogP contribution in [-0.4, -0.2) is 41.0 Å². The lowest BCUT2D eigenvalue weighted by atomic mass is 9.73. The first-order chi connectivity index (χ1) is 19.0. The summed E-state index contributed by atoms with van der Waals surface area (Å²) in [5, 5.41) is 2.70. The minimum absolute atomic E-state index is 0.0808. The van der Waals surface area contributed by atoms with Gasteiger partial charge in [-0.1, -0.05) is 43.0 Å². The number of hydrogen-bond donors (Lipinski definition) is 0. The third kappa shape index (κ3) is 4.84. The van der Waals surface area contributed by atoms with Gasteiger partial charge in [-0.3, -0.25) is 9.88 Å². The third-order valence-electron chi connectivity index (χ3n) is 8.16. The van der Waals surface area contributed by atoms with Crippen molar-refractivity contribution in [1.82, 2.24) is 9.88 Å². The van der Waals surface area contributed by atoms with E-state index in [0.29, 0.717) is 23.1 Å². The molecule has 7 rings (SSSR count). The molecular formula is C33H30N2O4. The predicted octanol–water partition coefficient (Wildman–Crippen LogP) is 6.27. The zero-order chi connectivity index (χ0) is 26.9. The lowest BCUT2D eigenvalue weighted by Gasteiger charge is -2.51. The van der Waals surface area contributed by atoms with Crippen LogP contribution in [-0.2, 0) is 9.53 Å². The van der Waals surface area contributed by atoms with Gasteiger partial charge in [0, 0.05) is 29.8 Å². The van der Waals surface area contributed by atoms with E-state index in [4.69, 9.17) is 9.47 Å². The Bertz CT molecular complexity index is 1590. The second-order valence-corrected chi connectivity index (χ2v) is 10.3. The molecule has 2 unspecified atom stereocenters. The molecule has 3 aromatic carbocycles. The number of rotatable bonds is 7. The summed E-state index contributed by atoms with van der Waals surface area (Å²) in [6, 6.07) is 20.8. The van der Waals surface area contributed by atoms with Crippen molar-refractivity contribution in [2.24, 2.45) is 11.8 Å². The predicted molar refractivity (Wildman–Crippen MR) is 151 cm³/mol. The summed E-state index contributed by atoms with van der Waals surface area (Å²) in [4.78, 5) is 32.2. The molecule has 0 amide bonds. The number of piperidine rings is 3. The first-order valence-corrected chi connectivity index (χ1v) is 13.3. The van der Waals surface area contributed by atoms with E-state index in [0.717, 1.165) is 59.2 Å². The smallest absolute Gasteiger partial charge is 0.338 e. The minimum atomic E-state index is -0.518. The van der Waals surface area contributed by atoms with Crippen molar-refractivity contribution in [3.05, 3.63) is 109 Å². The second kappa shape index (κ2) is 10.5. The number of nitrogens with zero attached hydrogens (tertiary/aromatic N) is 2. The number of fused-ring (bicyclic) bond motifs is 5. The highest BCUT2D eigenvalue weighted by molar-refractivity contribution is 5.96. The molecule has 3 aliphatic rings. The average Bonchev–Trinajstić information content (AvgIpc) is 2.99. The fourth-order valence-electron chi connectivity index (χ4n) is 6.16. The number of aromatic nitrogens is 1. The molecule has 0 spiro atoms. The number of carbonyl (C=O) groups is 2. The summed E-state index contributed by atoms with van der Waals surface area (Å²) in [6.45, 7) is 9.42. The Balaban J connectivity index is 1.33. The van der Waals surface area contributed by atoms with E-state index in [-0.39, 0.29) is 12.0 Å². The van der Waals surface area contributed by atoms with Gasteiger partial charge in [-0.05, 0) is 78.4 Å². The highest BCUT2D eigenvalue weighted by Gasteiger charge is 2.44. The zero-order valence-corrected chi connectivity index (χ0v) is 21.7. The Hall–Kier alpha value is -4.29. The molecule has 3 aliphatic heterocycles. The Labute approximate surface area is 227 Å². The van der Waals surface area contributed by atoms with Crippen molar-refractivity contribution in [2.45, 2.75) is 25.0 Å². The summed E-state index contributed by atoms with van der Waals surface area (Å²) in [5.41, 5.74) is 2.34. The number of carbonyl (C=O) groups excluding carboxylic acids is 2. The lowest BCUT2D eigenvalue weighted by Crippen LogP contribution is -2.55. The number of ether oxygens (including phenoxy) is 2. The number of pyridine rings is 1. The second-order valence-electron chi connectivity index (χ2n) is 10.3. The molecule has 39 heavy (non-hydrogen) atoms. The van der Waals surface area contributed by atoms with Gasteiger partial charge in [0.1, 0.15) is 11.9 Å². The fraction of sp³-hybridized carbons (Fsp3) is 0.242. The summed E-state index contributed by atoms with van der Waals surface area (Å²) in [6.07, 6.45) is 6.66. The van der Waals surface area contributed by atoms with Crippen LogP contribution in [0.5, 0.6) is 5.75 Å². The molecule has 6 nitrogen and oxygen atoms in total. The molecule has 196 valence electrons. The maximum absolute atomic E-state index is 13.7. The van der Waals surface area contributed by atoms with Gasteiger partial charge in [0.25, 0.3) is 0 Å². The number of para-hydroxylation sites is 1. The van der Waals surface area contributed by atoms with Crippen LogP contribution in [0.3, 0.4) is 0 Å². The van der Waals surface area contributed by atoms with E-state index < -0.39 is 12.1 Å². The minimum Gasteiger partial charge on any atom is -0.452 e. The van der Waals surface area contributed by atoms with Gasteiger partial charge in [-0.25, -0.2) is 9.59 Å². The molecular weight excluding hydrogens is 488 g/mol. The molecule has 3 fully saturated rings. The third-order valence-corrected chi connectivity index (χ3v) is 8.16. The molecule has 2 bridgehead atoms. The first-order valence-electron chi connectivity index (χ1n) is 13.3. The van der Waals surface area contributed by atoms with Gasteiger partial charge in [-0.2, -0.15) is 0 Å². The van der Waals surface area contributed by atoms with Crippen molar-refractivity contribution in [2.75, 3.05) is 13.1 Å². The first kappa shape index (κ1) is 25.0. The summed E-state index contributed by atoms with van der Waals surface area (Å²) in [5.74, 6) is 0.545. The lowest BCUT2D eigenvalue weighted by molar-refractivity contribution is -0.128. The standard InChI is InChI=1S/C33H30N2O4/c1-3-21-20-35-16-14-24(21)19-30(35)32(28-13-15-34-29-8-6-5-7-27(28)29)39-33(37)25-10-9-23-18-26(38-31(36)4-2)12-11-22(23)17-25/h3-13,15,17-18,21,24,30,32H,1-2,14,16,19-20H2/t21-,24?,30-,32+/m0/s1. The molecule has 6 heteroatoms. The van der Waals surface area contributed by atoms with Crippen LogP contribution >= 0.6 is 0 Å². The van der Waals surface area contributed by atoms with Gasteiger partial charge in [0.15, 0.2) is 0 Å². The zero-order valence-electron chi connectivity index (χ0n) is 21.7. The van der Waals surface area contributed by atoms with Crippen molar-refractivity contribution >= 4 is 33.6 Å². The monoisotopic (exact) mass is 518 g/mol. The normalized spacial score (nSPS) is 22.8. The average molecular weight is 519 g/mol. The van der Waals surface area contributed by atoms with E-state index in [2.05, 4.69) is 29.1 Å². The Morgan fingerprint density at radius 1 is 1.03 bits per heavy atom. The molecule has 0 aliphatic carbocycles. The van der Waals surface area contributed by atoms with Gasteiger partial charge in [0.2, 0.25) is 0 Å². The van der Waals surface area contributed by atoms with Gasteiger partial charge < -0.3 is 9.47 Å². The highest BCUT2D eigenvalue weighted by Crippen LogP contribution is 2.43. The molecule has 4 heterocycles. The maximum Gasteiger partial charge on any atom is 0.338 e. The molecule has 0 saturated carbocycles. The van der Waals surface area contributed by atoms with Crippen LogP contribution in [0, 0.1) is 11.8 Å². The number of hydrogen-bond acceptors (Lipinski definition) is 6. The number of benzene rings is 3. The van der Waals surface area contributed by atoms with Crippen molar-refractivity contribution in [3.8, 4) is 5.75 Å². The summed E-state index contributed by atoms with van der Waals surface area (Å²) >= 11 is 0. The van der Waals surface area contributed by atoms with Crippen LogP contribution in [0.4, 0.5) is 0 Å². The molecule has 0 radical (unpaired) electrons.